The molecule has 1 N–H and O–H groups in total. The number of carbonyl (C=O) groups excluding carboxylic acids is 1. The summed E-state index contributed by atoms with van der Waals surface area (Å²) in [7, 11) is 0. The van der Waals surface area contributed by atoms with Gasteiger partial charge in [-0.15, -0.1) is 23.5 Å². The number of nitrogens with one attached hydrogen (secondary N) is 1. The third kappa shape index (κ3) is 4.97. The Balaban J connectivity index is 2.01. The fourth-order valence-corrected chi connectivity index (χ4v) is 3.61. The summed E-state index contributed by atoms with van der Waals surface area (Å²) in [5.74, 6) is 0.978. The molecule has 0 aromatic heterocycles. The van der Waals surface area contributed by atoms with Crippen LogP contribution in [0.2, 0.25) is 5.02 Å². The van der Waals surface area contributed by atoms with E-state index in [9.17, 15) is 4.79 Å². The Morgan fingerprint density at radius 2 is 1.86 bits per heavy atom. The standard InChI is InChI=1S/C17H18ClNOS2/c1-3-21-16-7-5-4-6-15(16)19-17(20)12(2)22-14-10-8-13(18)9-11-14/h4-12H,3H2,1-2H3,(H,19,20)/t12-/m0/s1. The minimum atomic E-state index is -0.180. The number of hydrogen-bond donors (Lipinski definition) is 1. The average Bonchev–Trinajstić information content (AvgIpc) is 2.51. The van der Waals surface area contributed by atoms with E-state index >= 15 is 0 Å². The lowest BCUT2D eigenvalue weighted by atomic mass is 10.3. The molecule has 0 aliphatic heterocycles. The normalized spacial score (nSPS) is 12.0. The lowest BCUT2D eigenvalue weighted by Crippen LogP contribution is -2.22. The van der Waals surface area contributed by atoms with E-state index < -0.39 is 0 Å². The molecule has 0 unspecified atom stereocenters. The summed E-state index contributed by atoms with van der Waals surface area (Å²) in [6, 6.07) is 15.4. The van der Waals surface area contributed by atoms with E-state index in [1.165, 1.54) is 11.8 Å². The van der Waals surface area contributed by atoms with Crippen molar-refractivity contribution in [1.82, 2.24) is 0 Å². The van der Waals surface area contributed by atoms with Crippen LogP contribution >= 0.6 is 35.1 Å². The van der Waals surface area contributed by atoms with Crippen molar-refractivity contribution in [2.24, 2.45) is 0 Å². The Kier molecular flexibility index (Phi) is 6.68. The Hall–Kier alpha value is -1.10. The highest BCUT2D eigenvalue weighted by atomic mass is 35.5. The predicted octanol–water partition coefficient (Wildman–Crippen LogP) is 5.57. The van der Waals surface area contributed by atoms with E-state index in [-0.39, 0.29) is 11.2 Å². The Morgan fingerprint density at radius 3 is 2.55 bits per heavy atom. The van der Waals surface area contributed by atoms with Crippen molar-refractivity contribution in [2.75, 3.05) is 11.1 Å². The number of carbonyl (C=O) groups is 1. The molecule has 0 bridgehead atoms. The van der Waals surface area contributed by atoms with Gasteiger partial charge < -0.3 is 5.32 Å². The second-order valence-corrected chi connectivity index (χ2v) is 7.79. The van der Waals surface area contributed by atoms with Gasteiger partial charge in [-0.05, 0) is 49.1 Å². The highest BCUT2D eigenvalue weighted by Crippen LogP contribution is 2.29. The Morgan fingerprint density at radius 1 is 1.18 bits per heavy atom. The monoisotopic (exact) mass is 351 g/mol. The maximum absolute atomic E-state index is 12.4. The number of thioether (sulfide) groups is 2. The number of halogens is 1. The van der Waals surface area contributed by atoms with Crippen LogP contribution in [0.1, 0.15) is 13.8 Å². The van der Waals surface area contributed by atoms with Gasteiger partial charge >= 0.3 is 0 Å². The molecule has 0 heterocycles. The summed E-state index contributed by atoms with van der Waals surface area (Å²) in [6.45, 7) is 4.01. The molecule has 0 spiro atoms. The van der Waals surface area contributed by atoms with Crippen LogP contribution in [-0.2, 0) is 4.79 Å². The molecular weight excluding hydrogens is 334 g/mol. The van der Waals surface area contributed by atoms with Crippen molar-refractivity contribution in [3.8, 4) is 0 Å². The fraction of sp³-hybridized carbons (Fsp3) is 0.235. The Bertz CT molecular complexity index is 631. The number of para-hydroxylation sites is 1. The van der Waals surface area contributed by atoms with Gasteiger partial charge in [-0.2, -0.15) is 0 Å². The first-order valence-electron chi connectivity index (χ1n) is 7.05. The second-order valence-electron chi connectivity index (χ2n) is 4.63. The number of anilines is 1. The van der Waals surface area contributed by atoms with Crippen LogP contribution in [0.3, 0.4) is 0 Å². The SMILES string of the molecule is CCSc1ccccc1NC(=O)[C@H](C)Sc1ccc(Cl)cc1. The molecule has 2 nitrogen and oxygen atoms in total. The first kappa shape index (κ1) is 17.3. The van der Waals surface area contributed by atoms with E-state index in [2.05, 4.69) is 12.2 Å². The maximum atomic E-state index is 12.4. The summed E-state index contributed by atoms with van der Waals surface area (Å²) in [6.07, 6.45) is 0. The van der Waals surface area contributed by atoms with Crippen molar-refractivity contribution in [2.45, 2.75) is 28.9 Å². The van der Waals surface area contributed by atoms with Crippen LogP contribution in [0.5, 0.6) is 0 Å². The fourth-order valence-electron chi connectivity index (χ4n) is 1.86. The molecule has 116 valence electrons. The first-order chi connectivity index (χ1) is 10.6. The number of benzene rings is 2. The van der Waals surface area contributed by atoms with Gasteiger partial charge in [0.05, 0.1) is 10.9 Å². The van der Waals surface area contributed by atoms with Crippen LogP contribution in [0.15, 0.2) is 58.3 Å². The largest absolute Gasteiger partial charge is 0.324 e. The van der Waals surface area contributed by atoms with E-state index in [0.717, 1.165) is 21.2 Å². The summed E-state index contributed by atoms with van der Waals surface area (Å²) >= 11 is 9.12. The number of amides is 1. The van der Waals surface area contributed by atoms with Gasteiger partial charge in [0.25, 0.3) is 0 Å². The zero-order valence-corrected chi connectivity index (χ0v) is 14.9. The summed E-state index contributed by atoms with van der Waals surface area (Å²) in [4.78, 5) is 14.5. The lowest BCUT2D eigenvalue weighted by Gasteiger charge is -2.14. The Labute approximate surface area is 145 Å². The maximum Gasteiger partial charge on any atom is 0.237 e. The molecule has 1 atom stereocenters. The first-order valence-corrected chi connectivity index (χ1v) is 9.29. The van der Waals surface area contributed by atoms with Crippen molar-refractivity contribution >= 4 is 46.7 Å². The molecule has 22 heavy (non-hydrogen) atoms. The average molecular weight is 352 g/mol. The predicted molar refractivity (Wildman–Crippen MR) is 98.2 cm³/mol. The zero-order valence-electron chi connectivity index (χ0n) is 12.5. The van der Waals surface area contributed by atoms with Crippen LogP contribution in [0, 0.1) is 0 Å². The third-order valence-electron chi connectivity index (χ3n) is 2.94. The van der Waals surface area contributed by atoms with E-state index in [1.807, 2.05) is 55.5 Å². The van der Waals surface area contributed by atoms with E-state index in [1.54, 1.807) is 11.8 Å². The minimum absolute atomic E-state index is 0.00380. The van der Waals surface area contributed by atoms with Crippen LogP contribution in [0.4, 0.5) is 5.69 Å². The van der Waals surface area contributed by atoms with Crippen molar-refractivity contribution in [1.29, 1.82) is 0 Å². The number of rotatable bonds is 6. The van der Waals surface area contributed by atoms with Crippen LogP contribution < -0.4 is 5.32 Å². The van der Waals surface area contributed by atoms with Crippen molar-refractivity contribution in [3.05, 3.63) is 53.6 Å². The van der Waals surface area contributed by atoms with E-state index in [0.29, 0.717) is 5.02 Å². The third-order valence-corrected chi connectivity index (χ3v) is 5.26. The smallest absolute Gasteiger partial charge is 0.237 e. The molecule has 0 radical (unpaired) electrons. The molecule has 0 aliphatic carbocycles. The minimum Gasteiger partial charge on any atom is -0.324 e. The summed E-state index contributed by atoms with van der Waals surface area (Å²) in [5.41, 5.74) is 0.878. The zero-order chi connectivity index (χ0) is 15.9. The van der Waals surface area contributed by atoms with Gasteiger partial charge in [-0.25, -0.2) is 0 Å². The van der Waals surface area contributed by atoms with Crippen LogP contribution in [0.25, 0.3) is 0 Å². The molecule has 2 rings (SSSR count). The van der Waals surface area contributed by atoms with Gasteiger partial charge in [0, 0.05) is 14.8 Å². The van der Waals surface area contributed by atoms with Gasteiger partial charge in [-0.1, -0.05) is 30.7 Å². The highest BCUT2D eigenvalue weighted by Gasteiger charge is 2.15. The molecule has 5 heteroatoms. The molecule has 2 aromatic rings. The summed E-state index contributed by atoms with van der Waals surface area (Å²) in [5, 5.41) is 3.54. The topological polar surface area (TPSA) is 29.1 Å². The molecule has 0 fully saturated rings. The lowest BCUT2D eigenvalue weighted by molar-refractivity contribution is -0.115. The summed E-state index contributed by atoms with van der Waals surface area (Å²) < 4.78 is 0. The molecule has 1 amide bonds. The molecule has 0 aliphatic rings. The second kappa shape index (κ2) is 8.51. The molecule has 0 saturated heterocycles. The molecule has 0 saturated carbocycles. The van der Waals surface area contributed by atoms with Gasteiger partial charge in [-0.3, -0.25) is 4.79 Å². The van der Waals surface area contributed by atoms with Crippen molar-refractivity contribution in [3.63, 3.8) is 0 Å². The quantitative estimate of drug-likeness (QED) is 0.689. The molecular formula is C17H18ClNOS2. The van der Waals surface area contributed by atoms with E-state index in [4.69, 9.17) is 11.6 Å². The highest BCUT2D eigenvalue weighted by molar-refractivity contribution is 8.00. The van der Waals surface area contributed by atoms with Crippen molar-refractivity contribution < 1.29 is 4.79 Å². The van der Waals surface area contributed by atoms with Gasteiger partial charge in [0.15, 0.2) is 0 Å². The van der Waals surface area contributed by atoms with Crippen LogP contribution in [-0.4, -0.2) is 16.9 Å². The van der Waals surface area contributed by atoms with Gasteiger partial charge in [0.2, 0.25) is 5.91 Å². The van der Waals surface area contributed by atoms with Gasteiger partial charge in [0.1, 0.15) is 0 Å². The molecule has 2 aromatic carbocycles. The number of hydrogen-bond acceptors (Lipinski definition) is 3.